The zero-order valence-electron chi connectivity index (χ0n) is 10.1. The molecule has 0 spiro atoms. The highest BCUT2D eigenvalue weighted by molar-refractivity contribution is 7.91. The SMILES string of the molecule is Nc1ccc(F)cc1S(=O)(=O)CCc1cccnc1. The van der Waals surface area contributed by atoms with Crippen LogP contribution in [0.15, 0.2) is 47.6 Å². The number of aryl methyl sites for hydroxylation is 1. The molecular weight excluding hydrogens is 267 g/mol. The van der Waals surface area contributed by atoms with Crippen LogP contribution in [0.5, 0.6) is 0 Å². The van der Waals surface area contributed by atoms with Crippen molar-refractivity contribution in [3.05, 3.63) is 54.1 Å². The Kier molecular flexibility index (Phi) is 3.80. The third-order valence-corrected chi connectivity index (χ3v) is 4.46. The second-order valence-corrected chi connectivity index (χ2v) is 6.19. The third kappa shape index (κ3) is 3.29. The molecule has 6 heteroatoms. The monoisotopic (exact) mass is 280 g/mol. The zero-order chi connectivity index (χ0) is 13.9. The predicted molar refractivity (Wildman–Crippen MR) is 70.8 cm³/mol. The minimum Gasteiger partial charge on any atom is -0.398 e. The van der Waals surface area contributed by atoms with Crippen LogP contribution in [-0.4, -0.2) is 19.2 Å². The van der Waals surface area contributed by atoms with Gasteiger partial charge < -0.3 is 5.73 Å². The third-order valence-electron chi connectivity index (χ3n) is 2.69. The molecule has 2 rings (SSSR count). The van der Waals surface area contributed by atoms with E-state index in [1.807, 2.05) is 0 Å². The van der Waals surface area contributed by atoms with Crippen LogP contribution in [0.3, 0.4) is 0 Å². The Balaban J connectivity index is 2.21. The Hall–Kier alpha value is -1.95. The van der Waals surface area contributed by atoms with Crippen molar-refractivity contribution in [1.29, 1.82) is 0 Å². The number of anilines is 1. The van der Waals surface area contributed by atoms with E-state index >= 15 is 0 Å². The Morgan fingerprint density at radius 1 is 1.26 bits per heavy atom. The molecule has 0 aliphatic rings. The highest BCUT2D eigenvalue weighted by Gasteiger charge is 2.18. The average Bonchev–Trinajstić information content (AvgIpc) is 2.40. The summed E-state index contributed by atoms with van der Waals surface area (Å²) in [5.74, 6) is -0.749. The molecule has 2 N–H and O–H groups in total. The molecule has 0 bridgehead atoms. The summed E-state index contributed by atoms with van der Waals surface area (Å²) < 4.78 is 37.3. The Morgan fingerprint density at radius 3 is 2.74 bits per heavy atom. The van der Waals surface area contributed by atoms with Gasteiger partial charge in [0.05, 0.1) is 16.3 Å². The van der Waals surface area contributed by atoms with Gasteiger partial charge in [-0.25, -0.2) is 12.8 Å². The van der Waals surface area contributed by atoms with Crippen LogP contribution < -0.4 is 5.73 Å². The first-order chi connectivity index (χ1) is 8.99. The molecule has 1 aromatic carbocycles. The summed E-state index contributed by atoms with van der Waals surface area (Å²) in [4.78, 5) is 3.75. The minimum absolute atomic E-state index is 0.0626. The van der Waals surface area contributed by atoms with E-state index in [9.17, 15) is 12.8 Å². The normalized spacial score (nSPS) is 11.4. The first-order valence-corrected chi connectivity index (χ1v) is 7.31. The van der Waals surface area contributed by atoms with Crippen LogP contribution in [0.25, 0.3) is 0 Å². The zero-order valence-corrected chi connectivity index (χ0v) is 10.9. The molecule has 0 saturated carbocycles. The van der Waals surface area contributed by atoms with E-state index < -0.39 is 15.7 Å². The molecule has 0 radical (unpaired) electrons. The van der Waals surface area contributed by atoms with Gasteiger partial charge in [-0.1, -0.05) is 6.07 Å². The lowest BCUT2D eigenvalue weighted by molar-refractivity contribution is 0.590. The highest BCUT2D eigenvalue weighted by Crippen LogP contribution is 2.21. The van der Waals surface area contributed by atoms with E-state index in [4.69, 9.17) is 5.73 Å². The van der Waals surface area contributed by atoms with Gasteiger partial charge in [0, 0.05) is 12.4 Å². The summed E-state index contributed by atoms with van der Waals surface area (Å²) in [6, 6.07) is 6.87. The summed E-state index contributed by atoms with van der Waals surface area (Å²) in [5.41, 5.74) is 6.46. The molecule has 100 valence electrons. The fourth-order valence-electron chi connectivity index (χ4n) is 1.69. The smallest absolute Gasteiger partial charge is 0.180 e. The maximum Gasteiger partial charge on any atom is 0.180 e. The summed E-state index contributed by atoms with van der Waals surface area (Å²) in [5, 5.41) is 0. The molecule has 0 aliphatic carbocycles. The van der Waals surface area contributed by atoms with Crippen LogP contribution in [0.2, 0.25) is 0 Å². The van der Waals surface area contributed by atoms with Gasteiger partial charge in [-0.05, 0) is 36.2 Å². The largest absolute Gasteiger partial charge is 0.398 e. The molecule has 0 atom stereocenters. The van der Waals surface area contributed by atoms with E-state index in [1.165, 1.54) is 6.07 Å². The second kappa shape index (κ2) is 5.36. The number of sulfone groups is 1. The number of nitrogen functional groups attached to an aromatic ring is 1. The molecule has 0 fully saturated rings. The molecule has 1 aromatic heterocycles. The number of halogens is 1. The molecule has 0 saturated heterocycles. The number of nitrogens with zero attached hydrogens (tertiary/aromatic N) is 1. The van der Waals surface area contributed by atoms with Gasteiger partial charge >= 0.3 is 0 Å². The fourth-order valence-corrected chi connectivity index (χ4v) is 3.13. The lowest BCUT2D eigenvalue weighted by atomic mass is 10.2. The number of aromatic nitrogens is 1. The Morgan fingerprint density at radius 2 is 2.05 bits per heavy atom. The topological polar surface area (TPSA) is 73.1 Å². The first-order valence-electron chi connectivity index (χ1n) is 5.66. The first kappa shape index (κ1) is 13.5. The van der Waals surface area contributed by atoms with Gasteiger partial charge in [-0.2, -0.15) is 0 Å². The number of rotatable bonds is 4. The van der Waals surface area contributed by atoms with Crippen LogP contribution in [0.4, 0.5) is 10.1 Å². The van der Waals surface area contributed by atoms with Crippen LogP contribution in [0, 0.1) is 5.82 Å². The number of pyridine rings is 1. The van der Waals surface area contributed by atoms with Crippen LogP contribution >= 0.6 is 0 Å². The van der Waals surface area contributed by atoms with E-state index in [0.29, 0.717) is 6.42 Å². The van der Waals surface area contributed by atoms with Gasteiger partial charge in [0.2, 0.25) is 0 Å². The molecule has 19 heavy (non-hydrogen) atoms. The standard InChI is InChI=1S/C13H13FN2O2S/c14-11-3-4-12(15)13(8-11)19(17,18)7-5-10-2-1-6-16-9-10/h1-4,6,8-9H,5,7,15H2. The van der Waals surface area contributed by atoms with Crippen molar-refractivity contribution in [2.24, 2.45) is 0 Å². The fraction of sp³-hybridized carbons (Fsp3) is 0.154. The lowest BCUT2D eigenvalue weighted by Gasteiger charge is -2.07. The number of hydrogen-bond acceptors (Lipinski definition) is 4. The van der Waals surface area contributed by atoms with E-state index in [1.54, 1.807) is 24.5 Å². The molecule has 0 unspecified atom stereocenters. The van der Waals surface area contributed by atoms with Crippen molar-refractivity contribution in [1.82, 2.24) is 4.98 Å². The van der Waals surface area contributed by atoms with Crippen LogP contribution in [0.1, 0.15) is 5.56 Å². The predicted octanol–water partition coefficient (Wildman–Crippen LogP) is 1.82. The summed E-state index contributed by atoms with van der Waals surface area (Å²) in [7, 11) is -3.60. The summed E-state index contributed by atoms with van der Waals surface area (Å²) >= 11 is 0. The number of benzene rings is 1. The second-order valence-electron chi connectivity index (χ2n) is 4.11. The van der Waals surface area contributed by atoms with Crippen molar-refractivity contribution >= 4 is 15.5 Å². The minimum atomic E-state index is -3.60. The molecular formula is C13H13FN2O2S. The molecule has 1 heterocycles. The summed E-state index contributed by atoms with van der Waals surface area (Å²) in [6.45, 7) is 0. The van der Waals surface area contributed by atoms with Crippen molar-refractivity contribution in [3.63, 3.8) is 0 Å². The average molecular weight is 280 g/mol. The van der Waals surface area contributed by atoms with Crippen molar-refractivity contribution in [3.8, 4) is 0 Å². The molecule has 0 amide bonds. The number of nitrogens with two attached hydrogens (primary N) is 1. The maximum atomic E-state index is 13.1. The molecule has 2 aromatic rings. The van der Waals surface area contributed by atoms with Gasteiger partial charge in [0.15, 0.2) is 9.84 Å². The Labute approximate surface area is 111 Å². The van der Waals surface area contributed by atoms with Crippen molar-refractivity contribution in [2.45, 2.75) is 11.3 Å². The Bertz CT molecular complexity index is 672. The quantitative estimate of drug-likeness (QED) is 0.867. The summed E-state index contributed by atoms with van der Waals surface area (Å²) in [6.07, 6.45) is 3.53. The molecule has 0 aliphatic heterocycles. The number of hydrogen-bond donors (Lipinski definition) is 1. The van der Waals surface area contributed by atoms with E-state index in [-0.39, 0.29) is 16.3 Å². The van der Waals surface area contributed by atoms with Crippen molar-refractivity contribution in [2.75, 3.05) is 11.5 Å². The van der Waals surface area contributed by atoms with E-state index in [0.717, 1.165) is 17.7 Å². The molecule has 4 nitrogen and oxygen atoms in total. The van der Waals surface area contributed by atoms with Crippen molar-refractivity contribution < 1.29 is 12.8 Å². The van der Waals surface area contributed by atoms with Gasteiger partial charge in [-0.3, -0.25) is 4.98 Å². The highest BCUT2D eigenvalue weighted by atomic mass is 32.2. The van der Waals surface area contributed by atoms with Gasteiger partial charge in [0.25, 0.3) is 0 Å². The van der Waals surface area contributed by atoms with Gasteiger partial charge in [-0.15, -0.1) is 0 Å². The maximum absolute atomic E-state index is 13.1. The van der Waals surface area contributed by atoms with E-state index in [2.05, 4.69) is 4.98 Å². The van der Waals surface area contributed by atoms with Gasteiger partial charge in [0.1, 0.15) is 5.82 Å². The lowest BCUT2D eigenvalue weighted by Crippen LogP contribution is -2.12. The van der Waals surface area contributed by atoms with Crippen LogP contribution in [-0.2, 0) is 16.3 Å².